The van der Waals surface area contributed by atoms with Crippen molar-refractivity contribution in [1.29, 1.82) is 0 Å². The molecule has 0 radical (unpaired) electrons. The van der Waals surface area contributed by atoms with E-state index in [1.165, 1.54) is 0 Å². The molecule has 1 unspecified atom stereocenters. The van der Waals surface area contributed by atoms with E-state index in [4.69, 9.17) is 4.74 Å². The maximum Gasteiger partial charge on any atom is 0.224 e. The molecule has 1 aliphatic heterocycles. The maximum atomic E-state index is 13.1. The summed E-state index contributed by atoms with van der Waals surface area (Å²) in [5.41, 5.74) is 1.76. The molecule has 1 atom stereocenters. The number of benzene rings is 2. The zero-order valence-electron chi connectivity index (χ0n) is 18.3. The molecule has 1 fully saturated rings. The summed E-state index contributed by atoms with van der Waals surface area (Å²) in [6.45, 7) is 3.57. The second-order valence-corrected chi connectivity index (χ2v) is 8.11. The van der Waals surface area contributed by atoms with Gasteiger partial charge in [-0.1, -0.05) is 48.5 Å². The first-order valence-corrected chi connectivity index (χ1v) is 11.3. The number of amides is 1. The minimum Gasteiger partial charge on any atom is -0.494 e. The Kier molecular flexibility index (Phi) is 7.82. The number of hydrogen-bond donors (Lipinski definition) is 1. The van der Waals surface area contributed by atoms with Crippen LogP contribution in [-0.2, 0) is 4.79 Å². The van der Waals surface area contributed by atoms with E-state index in [9.17, 15) is 4.79 Å². The van der Waals surface area contributed by atoms with Gasteiger partial charge < -0.3 is 15.0 Å². The summed E-state index contributed by atoms with van der Waals surface area (Å²) in [7, 11) is 0. The summed E-state index contributed by atoms with van der Waals surface area (Å²) in [6.07, 6.45) is 7.75. The van der Waals surface area contributed by atoms with Crippen LogP contribution in [0, 0.1) is 5.92 Å². The predicted octanol–water partition coefficient (Wildman–Crippen LogP) is 3.86. The Hall–Kier alpha value is -3.25. The molecule has 166 valence electrons. The largest absolute Gasteiger partial charge is 0.494 e. The van der Waals surface area contributed by atoms with Crippen LogP contribution in [0.3, 0.4) is 0 Å². The number of piperidine rings is 1. The molecular weight excluding hydrogens is 400 g/mol. The highest BCUT2D eigenvalue weighted by molar-refractivity contribution is 5.79. The minimum atomic E-state index is -0.287. The van der Waals surface area contributed by atoms with Gasteiger partial charge in [0.1, 0.15) is 5.75 Å². The van der Waals surface area contributed by atoms with Crippen LogP contribution in [0.25, 0.3) is 0 Å². The highest BCUT2D eigenvalue weighted by Gasteiger charge is 2.27. The third-order valence-electron chi connectivity index (χ3n) is 5.89. The Bertz CT molecular complexity index is 906. The number of aromatic nitrogens is 2. The van der Waals surface area contributed by atoms with E-state index in [0.29, 0.717) is 6.61 Å². The molecule has 6 heteroatoms. The molecule has 2 heterocycles. The lowest BCUT2D eigenvalue weighted by molar-refractivity contribution is -0.127. The van der Waals surface area contributed by atoms with Gasteiger partial charge in [0.15, 0.2) is 0 Å². The van der Waals surface area contributed by atoms with Crippen molar-refractivity contribution >= 4 is 5.91 Å². The van der Waals surface area contributed by atoms with Gasteiger partial charge >= 0.3 is 0 Å². The normalized spacial score (nSPS) is 15.8. The average Bonchev–Trinajstić information content (AvgIpc) is 2.87. The van der Waals surface area contributed by atoms with Gasteiger partial charge in [-0.2, -0.15) is 0 Å². The Morgan fingerprint density at radius 2 is 1.75 bits per heavy atom. The van der Waals surface area contributed by atoms with Crippen molar-refractivity contribution in [3.8, 4) is 5.75 Å². The molecule has 0 bridgehead atoms. The molecule has 0 saturated carbocycles. The smallest absolute Gasteiger partial charge is 0.224 e. The van der Waals surface area contributed by atoms with E-state index in [2.05, 4.69) is 20.2 Å². The SMILES string of the molecule is O=C(NC(c1ccccc1)c1cnccn1)C1CCN(CCCOc2ccccc2)CC1. The minimum absolute atomic E-state index is 0.0229. The summed E-state index contributed by atoms with van der Waals surface area (Å²) in [5, 5.41) is 3.22. The topological polar surface area (TPSA) is 67.4 Å². The van der Waals surface area contributed by atoms with Crippen LogP contribution in [0.2, 0.25) is 0 Å². The molecule has 1 saturated heterocycles. The van der Waals surface area contributed by atoms with E-state index >= 15 is 0 Å². The van der Waals surface area contributed by atoms with Crippen molar-refractivity contribution < 1.29 is 9.53 Å². The van der Waals surface area contributed by atoms with E-state index in [1.807, 2.05) is 60.7 Å². The van der Waals surface area contributed by atoms with Crippen LogP contribution in [-0.4, -0.2) is 47.0 Å². The van der Waals surface area contributed by atoms with Crippen molar-refractivity contribution in [2.75, 3.05) is 26.2 Å². The second kappa shape index (κ2) is 11.4. The van der Waals surface area contributed by atoms with Crippen LogP contribution in [0.4, 0.5) is 0 Å². The van der Waals surface area contributed by atoms with Gasteiger partial charge in [-0.3, -0.25) is 14.8 Å². The molecule has 1 amide bonds. The fraction of sp³-hybridized carbons (Fsp3) is 0.346. The molecule has 1 aromatic heterocycles. The van der Waals surface area contributed by atoms with Crippen molar-refractivity contribution in [3.63, 3.8) is 0 Å². The fourth-order valence-corrected chi connectivity index (χ4v) is 4.11. The predicted molar refractivity (Wildman–Crippen MR) is 124 cm³/mol. The number of para-hydroxylation sites is 1. The molecule has 4 rings (SSSR count). The average molecular weight is 431 g/mol. The molecule has 6 nitrogen and oxygen atoms in total. The molecule has 0 spiro atoms. The molecule has 3 aromatic rings. The molecule has 1 N–H and O–H groups in total. The van der Waals surface area contributed by atoms with Crippen molar-refractivity contribution in [1.82, 2.24) is 20.2 Å². The molecular formula is C26H30N4O2. The summed E-state index contributed by atoms with van der Waals surface area (Å²) in [5.74, 6) is 1.03. The van der Waals surface area contributed by atoms with Crippen molar-refractivity contribution in [2.45, 2.75) is 25.3 Å². The number of nitrogens with zero attached hydrogens (tertiary/aromatic N) is 3. The highest BCUT2D eigenvalue weighted by atomic mass is 16.5. The highest BCUT2D eigenvalue weighted by Crippen LogP contribution is 2.23. The number of ether oxygens (including phenoxy) is 1. The Labute approximate surface area is 189 Å². The van der Waals surface area contributed by atoms with Crippen LogP contribution < -0.4 is 10.1 Å². The summed E-state index contributed by atoms with van der Waals surface area (Å²) < 4.78 is 5.78. The molecule has 32 heavy (non-hydrogen) atoms. The number of hydrogen-bond acceptors (Lipinski definition) is 5. The number of carbonyl (C=O) groups is 1. The van der Waals surface area contributed by atoms with Gasteiger partial charge in [-0.15, -0.1) is 0 Å². The van der Waals surface area contributed by atoms with E-state index in [1.54, 1.807) is 18.6 Å². The van der Waals surface area contributed by atoms with Gasteiger partial charge in [0, 0.05) is 24.9 Å². The molecule has 0 aliphatic carbocycles. The first-order valence-electron chi connectivity index (χ1n) is 11.3. The maximum absolute atomic E-state index is 13.1. The van der Waals surface area contributed by atoms with E-state index < -0.39 is 0 Å². The van der Waals surface area contributed by atoms with Gasteiger partial charge in [0.05, 0.1) is 24.5 Å². The first kappa shape index (κ1) is 22.0. The zero-order chi connectivity index (χ0) is 22.0. The Morgan fingerprint density at radius 3 is 2.44 bits per heavy atom. The van der Waals surface area contributed by atoms with Gasteiger partial charge in [0.2, 0.25) is 5.91 Å². The van der Waals surface area contributed by atoms with Crippen molar-refractivity contribution in [2.24, 2.45) is 5.92 Å². The lowest BCUT2D eigenvalue weighted by atomic mass is 9.94. The number of carbonyl (C=O) groups excluding carboxylic acids is 1. The monoisotopic (exact) mass is 430 g/mol. The number of likely N-dealkylation sites (tertiary alicyclic amines) is 1. The van der Waals surface area contributed by atoms with Gasteiger partial charge in [-0.05, 0) is 50.0 Å². The van der Waals surface area contributed by atoms with Crippen LogP contribution in [0.5, 0.6) is 5.75 Å². The van der Waals surface area contributed by atoms with E-state index in [0.717, 1.165) is 55.9 Å². The van der Waals surface area contributed by atoms with Crippen LogP contribution >= 0.6 is 0 Å². The molecule has 2 aromatic carbocycles. The third-order valence-corrected chi connectivity index (χ3v) is 5.89. The molecule has 1 aliphatic rings. The lowest BCUT2D eigenvalue weighted by Gasteiger charge is -2.32. The quantitative estimate of drug-likeness (QED) is 0.522. The van der Waals surface area contributed by atoms with Gasteiger partial charge in [0.25, 0.3) is 0 Å². The Morgan fingerprint density at radius 1 is 1.03 bits per heavy atom. The zero-order valence-corrected chi connectivity index (χ0v) is 18.3. The number of nitrogens with one attached hydrogen (secondary N) is 1. The standard InChI is InChI=1S/C26H30N4O2/c31-26(29-25(21-8-3-1-4-9-21)24-20-27-14-15-28-24)22-12-17-30(18-13-22)16-7-19-32-23-10-5-2-6-11-23/h1-6,8-11,14-15,20,22,25H,7,12-13,16-19H2,(H,29,31). The second-order valence-electron chi connectivity index (χ2n) is 8.11. The van der Waals surface area contributed by atoms with Crippen LogP contribution in [0.1, 0.15) is 36.6 Å². The fourth-order valence-electron chi connectivity index (χ4n) is 4.11. The third kappa shape index (κ3) is 6.14. The Balaban J connectivity index is 1.25. The van der Waals surface area contributed by atoms with Crippen LogP contribution in [0.15, 0.2) is 79.3 Å². The van der Waals surface area contributed by atoms with Gasteiger partial charge in [-0.25, -0.2) is 0 Å². The summed E-state index contributed by atoms with van der Waals surface area (Å²) in [4.78, 5) is 24.1. The summed E-state index contributed by atoms with van der Waals surface area (Å²) in [6, 6.07) is 19.6. The number of rotatable bonds is 9. The van der Waals surface area contributed by atoms with E-state index in [-0.39, 0.29) is 17.9 Å². The summed E-state index contributed by atoms with van der Waals surface area (Å²) >= 11 is 0. The first-order chi connectivity index (χ1) is 15.8. The van der Waals surface area contributed by atoms with Crippen molar-refractivity contribution in [3.05, 3.63) is 90.5 Å². The lowest BCUT2D eigenvalue weighted by Crippen LogP contribution is -2.42.